The quantitative estimate of drug-likeness (QED) is 0.331. The number of hydrogen-bond donors (Lipinski definition) is 1. The monoisotopic (exact) mass is 474 g/mol. The van der Waals surface area contributed by atoms with Gasteiger partial charge in [-0.05, 0) is 51.3 Å². The lowest BCUT2D eigenvalue weighted by Gasteiger charge is -2.24. The van der Waals surface area contributed by atoms with Crippen LogP contribution in [-0.2, 0) is 29.5 Å². The first-order valence-corrected chi connectivity index (χ1v) is 12.1. The number of hydrogen-bond acceptors (Lipinski definition) is 7. The van der Waals surface area contributed by atoms with Crippen LogP contribution in [0.15, 0.2) is 33.9 Å². The first-order valence-electron chi connectivity index (χ1n) is 12.1. The number of carbonyl (C=O) groups excluding carboxylic acids is 1. The molecule has 0 radical (unpaired) electrons. The third kappa shape index (κ3) is 7.74. The summed E-state index contributed by atoms with van der Waals surface area (Å²) in [4.78, 5) is 37.1. The second kappa shape index (κ2) is 13.0. The third-order valence-corrected chi connectivity index (χ3v) is 5.46. The summed E-state index contributed by atoms with van der Waals surface area (Å²) in [6.45, 7) is 8.41. The number of benzene rings is 1. The fourth-order valence-electron chi connectivity index (χ4n) is 3.50. The number of unbranched alkanes of at least 4 members (excludes halogenated alkanes) is 4. The van der Waals surface area contributed by atoms with Crippen LogP contribution in [0.3, 0.4) is 0 Å². The molecule has 9 heteroatoms. The minimum atomic E-state index is -1.08. The van der Waals surface area contributed by atoms with Gasteiger partial charge < -0.3 is 14.8 Å². The predicted molar refractivity (Wildman–Crippen MR) is 132 cm³/mol. The van der Waals surface area contributed by atoms with E-state index in [1.807, 2.05) is 12.1 Å². The maximum absolute atomic E-state index is 12.8. The minimum absolute atomic E-state index is 0.173. The van der Waals surface area contributed by atoms with Crippen molar-refractivity contribution >= 4 is 11.8 Å². The highest BCUT2D eigenvalue weighted by molar-refractivity contribution is 5.79. The van der Waals surface area contributed by atoms with E-state index in [0.717, 1.165) is 37.7 Å². The maximum atomic E-state index is 12.8. The molecular weight excluding hydrogens is 436 g/mol. The lowest BCUT2D eigenvalue weighted by molar-refractivity contribution is -0.158. The zero-order chi connectivity index (χ0) is 25.1. The highest BCUT2D eigenvalue weighted by Crippen LogP contribution is 2.20. The van der Waals surface area contributed by atoms with Gasteiger partial charge in [-0.25, -0.2) is 14.3 Å². The van der Waals surface area contributed by atoms with Crippen LogP contribution in [0.25, 0.3) is 0 Å². The molecule has 0 saturated heterocycles. The average Bonchev–Trinajstić information content (AvgIpc) is 2.80. The molecule has 0 unspecified atom stereocenters. The molecule has 0 aliphatic heterocycles. The van der Waals surface area contributed by atoms with Gasteiger partial charge >= 0.3 is 11.7 Å². The summed E-state index contributed by atoms with van der Waals surface area (Å²) < 4.78 is 13.3. The second-order valence-corrected chi connectivity index (χ2v) is 8.78. The Labute approximate surface area is 201 Å². The van der Waals surface area contributed by atoms with Crippen molar-refractivity contribution in [2.45, 2.75) is 78.4 Å². The van der Waals surface area contributed by atoms with E-state index in [9.17, 15) is 14.4 Å². The molecule has 0 spiro atoms. The lowest BCUT2D eigenvalue weighted by Crippen LogP contribution is -2.42. The molecule has 0 atom stereocenters. The van der Waals surface area contributed by atoms with Crippen molar-refractivity contribution < 1.29 is 14.3 Å². The van der Waals surface area contributed by atoms with E-state index in [0.29, 0.717) is 31.9 Å². The Morgan fingerprint density at radius 1 is 1.06 bits per heavy atom. The summed E-state index contributed by atoms with van der Waals surface area (Å²) in [5.41, 5.74) is -0.838. The van der Waals surface area contributed by atoms with Gasteiger partial charge in [0.15, 0.2) is 5.60 Å². The van der Waals surface area contributed by atoms with Crippen molar-refractivity contribution in [3.8, 4) is 5.75 Å². The number of nitrogens with zero attached hydrogens (tertiary/aromatic N) is 3. The van der Waals surface area contributed by atoms with Crippen molar-refractivity contribution in [3.05, 3.63) is 50.7 Å². The van der Waals surface area contributed by atoms with Crippen molar-refractivity contribution in [3.63, 3.8) is 0 Å². The van der Waals surface area contributed by atoms with Gasteiger partial charge in [0.25, 0.3) is 5.56 Å². The fourth-order valence-corrected chi connectivity index (χ4v) is 3.50. The van der Waals surface area contributed by atoms with Crippen LogP contribution in [0.5, 0.6) is 5.75 Å². The maximum Gasteiger partial charge on any atom is 0.349 e. The first-order chi connectivity index (χ1) is 16.2. The van der Waals surface area contributed by atoms with Crippen LogP contribution in [0.2, 0.25) is 0 Å². The molecule has 1 aromatic heterocycles. The second-order valence-electron chi connectivity index (χ2n) is 8.78. The van der Waals surface area contributed by atoms with E-state index in [1.54, 1.807) is 40.0 Å². The Morgan fingerprint density at radius 3 is 2.38 bits per heavy atom. The van der Waals surface area contributed by atoms with Gasteiger partial charge in [-0.3, -0.25) is 9.36 Å². The van der Waals surface area contributed by atoms with Crippen LogP contribution < -0.4 is 21.3 Å². The Kier molecular flexibility index (Phi) is 10.3. The van der Waals surface area contributed by atoms with E-state index in [1.165, 1.54) is 9.25 Å². The average molecular weight is 475 g/mol. The zero-order valence-electron chi connectivity index (χ0n) is 21.1. The predicted octanol–water partition coefficient (Wildman–Crippen LogP) is 3.29. The van der Waals surface area contributed by atoms with E-state index in [-0.39, 0.29) is 11.4 Å². The molecule has 0 saturated carbocycles. The molecule has 188 valence electrons. The van der Waals surface area contributed by atoms with Crippen molar-refractivity contribution in [2.24, 2.45) is 7.05 Å². The SMILES string of the molecule is CCCCCCCn1c(=O)c(NCCc2ccc(OC(C)(C)C(=O)OCC)cc2)nn(C)c1=O. The molecule has 0 amide bonds. The van der Waals surface area contributed by atoms with Gasteiger partial charge in [0.2, 0.25) is 5.82 Å². The topological polar surface area (TPSA) is 104 Å². The van der Waals surface area contributed by atoms with Crippen LogP contribution in [0, 0.1) is 0 Å². The Bertz CT molecular complexity index is 1040. The van der Waals surface area contributed by atoms with Crippen molar-refractivity contribution in [1.29, 1.82) is 0 Å². The van der Waals surface area contributed by atoms with Crippen molar-refractivity contribution in [2.75, 3.05) is 18.5 Å². The highest BCUT2D eigenvalue weighted by Gasteiger charge is 2.31. The number of esters is 1. The minimum Gasteiger partial charge on any atom is -0.476 e. The lowest BCUT2D eigenvalue weighted by atomic mass is 10.1. The molecule has 0 aliphatic carbocycles. The van der Waals surface area contributed by atoms with Crippen LogP contribution in [0.4, 0.5) is 5.82 Å². The molecule has 34 heavy (non-hydrogen) atoms. The molecule has 1 heterocycles. The largest absolute Gasteiger partial charge is 0.476 e. The van der Waals surface area contributed by atoms with Gasteiger partial charge in [-0.2, -0.15) is 0 Å². The van der Waals surface area contributed by atoms with Crippen LogP contribution in [0.1, 0.15) is 65.4 Å². The third-order valence-electron chi connectivity index (χ3n) is 5.46. The number of rotatable bonds is 14. The number of carbonyl (C=O) groups is 1. The molecule has 2 rings (SSSR count). The Hall–Kier alpha value is -3.10. The molecule has 2 aromatic rings. The summed E-state index contributed by atoms with van der Waals surface area (Å²) >= 11 is 0. The van der Waals surface area contributed by atoms with Crippen LogP contribution in [-0.4, -0.2) is 39.1 Å². The van der Waals surface area contributed by atoms with E-state index < -0.39 is 17.3 Å². The Morgan fingerprint density at radius 2 is 1.74 bits per heavy atom. The number of ether oxygens (including phenoxy) is 2. The fraction of sp³-hybridized carbons (Fsp3) is 0.600. The molecule has 0 bridgehead atoms. The van der Waals surface area contributed by atoms with Gasteiger partial charge in [-0.1, -0.05) is 44.7 Å². The van der Waals surface area contributed by atoms with E-state index in [4.69, 9.17) is 9.47 Å². The number of aromatic nitrogens is 3. The summed E-state index contributed by atoms with van der Waals surface area (Å²) in [7, 11) is 1.55. The highest BCUT2D eigenvalue weighted by atomic mass is 16.6. The zero-order valence-corrected chi connectivity index (χ0v) is 21.1. The number of anilines is 1. The van der Waals surface area contributed by atoms with Gasteiger partial charge in [0, 0.05) is 20.1 Å². The molecule has 0 fully saturated rings. The number of aryl methyl sites for hydroxylation is 1. The van der Waals surface area contributed by atoms with E-state index >= 15 is 0 Å². The Balaban J connectivity index is 1.95. The van der Waals surface area contributed by atoms with E-state index in [2.05, 4.69) is 17.3 Å². The van der Waals surface area contributed by atoms with Crippen molar-refractivity contribution in [1.82, 2.24) is 14.3 Å². The smallest absolute Gasteiger partial charge is 0.349 e. The molecule has 1 N–H and O–H groups in total. The van der Waals surface area contributed by atoms with Gasteiger partial charge in [-0.15, -0.1) is 5.10 Å². The number of nitrogens with one attached hydrogen (secondary N) is 1. The molecule has 1 aromatic carbocycles. The normalized spacial score (nSPS) is 11.3. The molecule has 0 aliphatic rings. The summed E-state index contributed by atoms with van der Waals surface area (Å²) in [6, 6.07) is 7.40. The standard InChI is InChI=1S/C25H38N4O5/c1-6-8-9-10-11-18-29-22(30)21(27-28(5)24(29)32)26-17-16-19-12-14-20(15-13-19)34-25(3,4)23(31)33-7-2/h12-15H,6-11,16-18H2,1-5H3,(H,26,27). The molecular formula is C25H38N4O5. The van der Waals surface area contributed by atoms with Gasteiger partial charge in [0.05, 0.1) is 6.61 Å². The van der Waals surface area contributed by atoms with Crippen LogP contribution >= 0.6 is 0 Å². The first kappa shape index (κ1) is 27.1. The summed E-state index contributed by atoms with van der Waals surface area (Å²) in [6.07, 6.45) is 5.83. The van der Waals surface area contributed by atoms with Gasteiger partial charge in [0.1, 0.15) is 5.75 Å². The molecule has 9 nitrogen and oxygen atoms in total. The summed E-state index contributed by atoms with van der Waals surface area (Å²) in [5.74, 6) is 0.322. The summed E-state index contributed by atoms with van der Waals surface area (Å²) in [5, 5.41) is 7.17.